The van der Waals surface area contributed by atoms with E-state index in [4.69, 9.17) is 4.74 Å². The zero-order valence-electron chi connectivity index (χ0n) is 16.0. The summed E-state index contributed by atoms with van der Waals surface area (Å²) < 4.78 is 6.70. The van der Waals surface area contributed by atoms with E-state index in [1.54, 1.807) is 11.8 Å². The molecule has 2 heterocycles. The summed E-state index contributed by atoms with van der Waals surface area (Å²) in [7, 11) is 0. The molecule has 5 nitrogen and oxygen atoms in total. The van der Waals surface area contributed by atoms with E-state index in [0.717, 1.165) is 14.7 Å². The van der Waals surface area contributed by atoms with Gasteiger partial charge in [-0.25, -0.2) is 9.79 Å². The Bertz CT molecular complexity index is 1020. The number of amidine groups is 1. The number of aliphatic imine (C=N–C) groups is 1. The van der Waals surface area contributed by atoms with Crippen molar-refractivity contribution < 1.29 is 14.3 Å². The number of carbonyl (C=O) groups excluding carboxylic acids is 2. The molecule has 0 spiro atoms. The van der Waals surface area contributed by atoms with E-state index in [-0.39, 0.29) is 17.8 Å². The minimum Gasteiger partial charge on any atom is -0.457 e. The fourth-order valence-corrected chi connectivity index (χ4v) is 4.81. The van der Waals surface area contributed by atoms with E-state index < -0.39 is 12.0 Å². The SMILES string of the molecule is CC1=C(C(=O)OCc2ccccc2)C(c2ccc(I)cc2)N2C(=O)C(C)SC2=N1. The molecule has 7 heteroatoms. The van der Waals surface area contributed by atoms with Crippen molar-refractivity contribution in [2.75, 3.05) is 0 Å². The molecule has 0 radical (unpaired) electrons. The second-order valence-corrected chi connectivity index (χ2v) is 9.43. The summed E-state index contributed by atoms with van der Waals surface area (Å²) >= 11 is 3.66. The number of halogens is 1. The van der Waals surface area contributed by atoms with Crippen LogP contribution in [0, 0.1) is 3.57 Å². The molecule has 1 amide bonds. The summed E-state index contributed by atoms with van der Waals surface area (Å²) in [6.07, 6.45) is 0. The smallest absolute Gasteiger partial charge is 0.338 e. The molecule has 2 aromatic carbocycles. The highest BCUT2D eigenvalue weighted by Gasteiger charge is 2.46. The van der Waals surface area contributed by atoms with Gasteiger partial charge in [-0.05, 0) is 59.7 Å². The molecule has 0 aliphatic carbocycles. The first-order valence-corrected chi connectivity index (χ1v) is 11.2. The lowest BCUT2D eigenvalue weighted by Gasteiger charge is -2.33. The first-order chi connectivity index (χ1) is 14.0. The van der Waals surface area contributed by atoms with Crippen LogP contribution in [0.4, 0.5) is 0 Å². The average Bonchev–Trinajstić information content (AvgIpc) is 3.00. The third-order valence-electron chi connectivity index (χ3n) is 4.88. The van der Waals surface area contributed by atoms with Crippen LogP contribution in [0.5, 0.6) is 0 Å². The van der Waals surface area contributed by atoms with Crippen LogP contribution in [-0.4, -0.2) is 27.2 Å². The molecule has 2 aromatic rings. The second kappa shape index (κ2) is 8.31. The minimum atomic E-state index is -0.535. The third kappa shape index (κ3) is 3.98. The second-order valence-electron chi connectivity index (χ2n) is 6.88. The molecule has 2 aliphatic rings. The number of esters is 1. The van der Waals surface area contributed by atoms with Crippen LogP contribution in [0.15, 0.2) is 70.9 Å². The lowest BCUT2D eigenvalue weighted by Crippen LogP contribution is -2.40. The Hall–Kier alpha value is -2.13. The summed E-state index contributed by atoms with van der Waals surface area (Å²) in [5.41, 5.74) is 2.78. The van der Waals surface area contributed by atoms with Crippen molar-refractivity contribution >= 4 is 51.4 Å². The largest absolute Gasteiger partial charge is 0.457 e. The molecular formula is C22H19IN2O3S. The molecular weight excluding hydrogens is 499 g/mol. The predicted molar refractivity (Wildman–Crippen MR) is 122 cm³/mol. The van der Waals surface area contributed by atoms with Gasteiger partial charge in [-0.15, -0.1) is 0 Å². The Labute approximate surface area is 187 Å². The molecule has 2 aliphatic heterocycles. The van der Waals surface area contributed by atoms with Crippen LogP contribution in [0.3, 0.4) is 0 Å². The molecule has 2 unspecified atom stereocenters. The van der Waals surface area contributed by atoms with Crippen molar-refractivity contribution in [3.63, 3.8) is 0 Å². The number of ether oxygens (including phenoxy) is 1. The maximum atomic E-state index is 13.1. The Balaban J connectivity index is 1.71. The molecule has 29 heavy (non-hydrogen) atoms. The van der Waals surface area contributed by atoms with Crippen LogP contribution in [0.1, 0.15) is 31.0 Å². The van der Waals surface area contributed by atoms with Crippen molar-refractivity contribution in [3.05, 3.63) is 80.6 Å². The maximum absolute atomic E-state index is 13.1. The summed E-state index contributed by atoms with van der Waals surface area (Å²) in [5.74, 6) is -0.492. The fourth-order valence-electron chi connectivity index (χ4n) is 3.43. The monoisotopic (exact) mass is 518 g/mol. The van der Waals surface area contributed by atoms with Crippen molar-refractivity contribution in [2.45, 2.75) is 31.7 Å². The molecule has 148 valence electrons. The van der Waals surface area contributed by atoms with Gasteiger partial charge in [0.05, 0.1) is 22.6 Å². The van der Waals surface area contributed by atoms with Gasteiger partial charge >= 0.3 is 5.97 Å². The van der Waals surface area contributed by atoms with Gasteiger partial charge in [-0.1, -0.05) is 54.2 Å². The number of carbonyl (C=O) groups is 2. The number of nitrogens with zero attached hydrogens (tertiary/aromatic N) is 2. The van der Waals surface area contributed by atoms with Crippen molar-refractivity contribution in [3.8, 4) is 0 Å². The van der Waals surface area contributed by atoms with E-state index in [1.165, 1.54) is 11.8 Å². The highest BCUT2D eigenvalue weighted by atomic mass is 127. The quantitative estimate of drug-likeness (QED) is 0.436. The minimum absolute atomic E-state index is 0.0434. The van der Waals surface area contributed by atoms with E-state index in [2.05, 4.69) is 27.6 Å². The summed E-state index contributed by atoms with van der Waals surface area (Å²) in [5, 5.41) is 0.413. The Morgan fingerprint density at radius 1 is 1.17 bits per heavy atom. The first-order valence-electron chi connectivity index (χ1n) is 9.21. The maximum Gasteiger partial charge on any atom is 0.338 e. The number of thioether (sulfide) groups is 1. The number of benzene rings is 2. The van der Waals surface area contributed by atoms with Crippen LogP contribution >= 0.6 is 34.4 Å². The number of fused-ring (bicyclic) bond motifs is 1. The van der Waals surface area contributed by atoms with Gasteiger partial charge in [0.15, 0.2) is 5.17 Å². The average molecular weight is 518 g/mol. The number of allylic oxidation sites excluding steroid dienone is 1. The van der Waals surface area contributed by atoms with Crippen LogP contribution in [0.25, 0.3) is 0 Å². The van der Waals surface area contributed by atoms with Gasteiger partial charge < -0.3 is 4.74 Å². The summed E-state index contributed by atoms with van der Waals surface area (Å²) in [6.45, 7) is 3.84. The topological polar surface area (TPSA) is 59.0 Å². The van der Waals surface area contributed by atoms with Crippen molar-refractivity contribution in [1.29, 1.82) is 0 Å². The molecule has 0 N–H and O–H groups in total. The van der Waals surface area contributed by atoms with Gasteiger partial charge in [0.1, 0.15) is 6.61 Å². The van der Waals surface area contributed by atoms with Crippen LogP contribution < -0.4 is 0 Å². The molecule has 2 atom stereocenters. The lowest BCUT2D eigenvalue weighted by atomic mass is 9.94. The van der Waals surface area contributed by atoms with Crippen molar-refractivity contribution in [1.82, 2.24) is 4.90 Å². The molecule has 4 rings (SSSR count). The normalized spacial score (nSPS) is 21.1. The van der Waals surface area contributed by atoms with Crippen molar-refractivity contribution in [2.24, 2.45) is 4.99 Å². The molecule has 0 aromatic heterocycles. The highest BCUT2D eigenvalue weighted by Crippen LogP contribution is 2.43. The molecule has 0 saturated carbocycles. The number of amides is 1. The number of hydrogen-bond donors (Lipinski definition) is 0. The van der Waals surface area contributed by atoms with E-state index in [0.29, 0.717) is 16.4 Å². The summed E-state index contributed by atoms with van der Waals surface area (Å²) in [4.78, 5) is 32.2. The highest BCUT2D eigenvalue weighted by molar-refractivity contribution is 14.1. The lowest BCUT2D eigenvalue weighted by molar-refractivity contribution is -0.141. The Morgan fingerprint density at radius 2 is 1.86 bits per heavy atom. The number of hydrogen-bond acceptors (Lipinski definition) is 5. The zero-order chi connectivity index (χ0) is 20.5. The standard InChI is InChI=1S/C22H19IN2O3S/c1-13-18(21(27)28-12-15-6-4-3-5-7-15)19(16-8-10-17(23)11-9-16)25-20(26)14(2)29-22(25)24-13/h3-11,14,19H,12H2,1-2H3. The predicted octanol–water partition coefficient (Wildman–Crippen LogP) is 4.68. The van der Waals surface area contributed by atoms with E-state index >= 15 is 0 Å². The zero-order valence-corrected chi connectivity index (χ0v) is 18.9. The van der Waals surface area contributed by atoms with Gasteiger partial charge in [0.2, 0.25) is 5.91 Å². The Kier molecular flexibility index (Phi) is 5.78. The Morgan fingerprint density at radius 3 is 2.55 bits per heavy atom. The van der Waals surface area contributed by atoms with E-state index in [9.17, 15) is 9.59 Å². The summed E-state index contributed by atoms with van der Waals surface area (Å²) in [6, 6.07) is 16.9. The van der Waals surface area contributed by atoms with Gasteiger partial charge in [0.25, 0.3) is 0 Å². The van der Waals surface area contributed by atoms with Gasteiger partial charge in [-0.2, -0.15) is 0 Å². The number of rotatable bonds is 4. The first kappa shape index (κ1) is 20.2. The molecule has 1 saturated heterocycles. The van der Waals surface area contributed by atoms with E-state index in [1.807, 2.05) is 61.5 Å². The van der Waals surface area contributed by atoms with Gasteiger partial charge in [-0.3, -0.25) is 9.69 Å². The molecule has 0 bridgehead atoms. The van der Waals surface area contributed by atoms with Crippen LogP contribution in [0.2, 0.25) is 0 Å². The molecule has 1 fully saturated rings. The fraction of sp³-hybridized carbons (Fsp3) is 0.227. The van der Waals surface area contributed by atoms with Gasteiger partial charge in [0, 0.05) is 3.57 Å². The third-order valence-corrected chi connectivity index (χ3v) is 6.65. The van der Waals surface area contributed by atoms with Crippen LogP contribution in [-0.2, 0) is 20.9 Å².